The Morgan fingerprint density at radius 2 is 1.79 bits per heavy atom. The summed E-state index contributed by atoms with van der Waals surface area (Å²) in [7, 11) is 0. The lowest BCUT2D eigenvalue weighted by Gasteiger charge is -2.40. The van der Waals surface area contributed by atoms with Gasteiger partial charge in [-0.2, -0.15) is 13.2 Å². The number of aromatic nitrogens is 1. The Balaban J connectivity index is 1.22. The minimum Gasteiger partial charge on any atom is -0.478 e. The number of hydrogen-bond donors (Lipinski definition) is 3. The van der Waals surface area contributed by atoms with Crippen LogP contribution in [0.4, 0.5) is 24.9 Å². The molecule has 0 bridgehead atoms. The fourth-order valence-electron chi connectivity index (χ4n) is 5.45. The highest BCUT2D eigenvalue weighted by molar-refractivity contribution is 5.89. The van der Waals surface area contributed by atoms with Crippen LogP contribution in [0.5, 0.6) is 0 Å². The van der Waals surface area contributed by atoms with Gasteiger partial charge in [-0.05, 0) is 62.1 Å². The van der Waals surface area contributed by atoms with Gasteiger partial charge < -0.3 is 25.1 Å². The third kappa shape index (κ3) is 6.12. The topological polar surface area (TPSA) is 90.6 Å². The summed E-state index contributed by atoms with van der Waals surface area (Å²) in [5.74, 6) is -0.504. The molecule has 2 aromatic carbocycles. The van der Waals surface area contributed by atoms with Crippen molar-refractivity contribution in [2.24, 2.45) is 0 Å². The van der Waals surface area contributed by atoms with Crippen molar-refractivity contribution in [2.75, 3.05) is 23.3 Å². The molecule has 2 heterocycles. The van der Waals surface area contributed by atoms with Gasteiger partial charge in [0.1, 0.15) is 0 Å². The van der Waals surface area contributed by atoms with Crippen LogP contribution in [0.3, 0.4) is 0 Å². The maximum Gasteiger partial charge on any atom is 0.416 e. The molecule has 38 heavy (non-hydrogen) atoms. The number of nitrogens with one attached hydrogen (secondary N) is 2. The van der Waals surface area contributed by atoms with Gasteiger partial charge in [-0.15, -0.1) is 0 Å². The number of aromatic carboxylic acids is 1. The molecule has 0 spiro atoms. The van der Waals surface area contributed by atoms with Crippen LogP contribution in [-0.4, -0.2) is 47.3 Å². The molecule has 2 fully saturated rings. The SMILES string of the molecule is O=C(O)c1cccc(-c2cnc(NC3CCCCC3NC3CCCN(c4ccc(C(F)(F)F)cc4)C3)o2)c1. The second kappa shape index (κ2) is 11.1. The Morgan fingerprint density at radius 3 is 2.53 bits per heavy atom. The molecule has 5 rings (SSSR count). The molecular formula is C28H31F3N4O3. The smallest absolute Gasteiger partial charge is 0.416 e. The highest BCUT2D eigenvalue weighted by atomic mass is 19.4. The van der Waals surface area contributed by atoms with E-state index in [4.69, 9.17) is 4.42 Å². The standard InChI is InChI=1S/C28H31F3N4O3/c29-28(30,31)20-10-12-22(13-11-20)35-14-4-7-21(17-35)33-23-8-1-2-9-24(23)34-27-32-16-25(38-27)18-5-3-6-19(15-18)26(36)37/h3,5-6,10-13,15-16,21,23-24,33H,1-2,4,7-9,14,17H2,(H,32,34)(H,36,37). The Hall–Kier alpha value is -3.53. The van der Waals surface area contributed by atoms with E-state index in [9.17, 15) is 23.1 Å². The van der Waals surface area contributed by atoms with E-state index < -0.39 is 17.7 Å². The number of benzene rings is 2. The van der Waals surface area contributed by atoms with Crippen LogP contribution in [0.15, 0.2) is 59.1 Å². The molecule has 1 saturated heterocycles. The summed E-state index contributed by atoms with van der Waals surface area (Å²) in [5, 5.41) is 16.5. The van der Waals surface area contributed by atoms with Crippen molar-refractivity contribution in [3.8, 4) is 11.3 Å². The van der Waals surface area contributed by atoms with Crippen molar-refractivity contribution in [1.29, 1.82) is 0 Å². The highest BCUT2D eigenvalue weighted by Gasteiger charge is 2.32. The first-order valence-corrected chi connectivity index (χ1v) is 13.0. The first-order valence-electron chi connectivity index (χ1n) is 13.0. The van der Waals surface area contributed by atoms with Gasteiger partial charge >= 0.3 is 12.1 Å². The van der Waals surface area contributed by atoms with Crippen LogP contribution in [0.1, 0.15) is 54.4 Å². The van der Waals surface area contributed by atoms with Gasteiger partial charge in [0.05, 0.1) is 17.3 Å². The van der Waals surface area contributed by atoms with E-state index >= 15 is 0 Å². The van der Waals surface area contributed by atoms with Gasteiger partial charge in [-0.25, -0.2) is 9.78 Å². The zero-order valence-corrected chi connectivity index (χ0v) is 20.9. The van der Waals surface area contributed by atoms with Crippen LogP contribution >= 0.6 is 0 Å². The number of hydrogen-bond acceptors (Lipinski definition) is 6. The van der Waals surface area contributed by atoms with Gasteiger partial charge in [-0.3, -0.25) is 0 Å². The Kier molecular flexibility index (Phi) is 7.60. The molecule has 0 amide bonds. The van der Waals surface area contributed by atoms with Crippen molar-refractivity contribution >= 4 is 17.7 Å². The normalized spacial score (nSPS) is 22.3. The lowest BCUT2D eigenvalue weighted by molar-refractivity contribution is -0.137. The van der Waals surface area contributed by atoms with Crippen molar-refractivity contribution in [1.82, 2.24) is 10.3 Å². The van der Waals surface area contributed by atoms with E-state index in [2.05, 4.69) is 20.5 Å². The first kappa shape index (κ1) is 26.1. The van der Waals surface area contributed by atoms with E-state index in [0.29, 0.717) is 17.3 Å². The number of nitrogens with zero attached hydrogens (tertiary/aromatic N) is 2. The van der Waals surface area contributed by atoms with Crippen molar-refractivity contribution < 1.29 is 27.5 Å². The lowest BCUT2D eigenvalue weighted by atomic mass is 9.89. The number of carboxylic acids is 1. The highest BCUT2D eigenvalue weighted by Crippen LogP contribution is 2.32. The number of piperidine rings is 1. The van der Waals surface area contributed by atoms with Gasteiger partial charge in [-0.1, -0.05) is 25.0 Å². The maximum absolute atomic E-state index is 12.9. The van der Waals surface area contributed by atoms with Crippen LogP contribution < -0.4 is 15.5 Å². The minimum absolute atomic E-state index is 0.113. The van der Waals surface area contributed by atoms with E-state index in [0.717, 1.165) is 69.4 Å². The number of rotatable bonds is 7. The molecular weight excluding hydrogens is 497 g/mol. The number of anilines is 2. The van der Waals surface area contributed by atoms with Gasteiger partial charge in [0, 0.05) is 42.5 Å². The number of carbonyl (C=O) groups is 1. The Morgan fingerprint density at radius 1 is 1.03 bits per heavy atom. The molecule has 2 aliphatic rings. The second-order valence-corrected chi connectivity index (χ2v) is 10.1. The molecule has 1 aliphatic heterocycles. The van der Waals surface area contributed by atoms with Crippen LogP contribution in [0.25, 0.3) is 11.3 Å². The first-order chi connectivity index (χ1) is 18.3. The largest absolute Gasteiger partial charge is 0.478 e. The molecule has 1 aliphatic carbocycles. The van der Waals surface area contributed by atoms with Crippen molar-refractivity contribution in [3.05, 3.63) is 65.9 Å². The molecule has 7 nitrogen and oxygen atoms in total. The molecule has 1 saturated carbocycles. The third-order valence-electron chi connectivity index (χ3n) is 7.41. The summed E-state index contributed by atoms with van der Waals surface area (Å²) >= 11 is 0. The van der Waals surface area contributed by atoms with E-state index in [1.54, 1.807) is 36.5 Å². The van der Waals surface area contributed by atoms with Crippen LogP contribution in [0.2, 0.25) is 0 Å². The summed E-state index contributed by atoms with van der Waals surface area (Å²) in [6, 6.07) is 12.9. The fourth-order valence-corrected chi connectivity index (χ4v) is 5.45. The Bertz CT molecular complexity index is 1240. The van der Waals surface area contributed by atoms with Crippen molar-refractivity contribution in [3.63, 3.8) is 0 Å². The van der Waals surface area contributed by atoms with E-state index in [1.165, 1.54) is 6.07 Å². The summed E-state index contributed by atoms with van der Waals surface area (Å²) in [6.07, 6.45) is 3.39. The average Bonchev–Trinajstić information content (AvgIpc) is 3.38. The quantitative estimate of drug-likeness (QED) is 0.344. The number of oxazole rings is 1. The monoisotopic (exact) mass is 528 g/mol. The maximum atomic E-state index is 12.9. The zero-order chi connectivity index (χ0) is 26.7. The molecule has 3 aromatic rings. The summed E-state index contributed by atoms with van der Waals surface area (Å²) in [5.41, 5.74) is 1.01. The van der Waals surface area contributed by atoms with Crippen LogP contribution in [0, 0.1) is 0 Å². The molecule has 3 N–H and O–H groups in total. The molecule has 0 radical (unpaired) electrons. The molecule has 3 unspecified atom stereocenters. The Labute approximate surface area is 219 Å². The van der Waals surface area contributed by atoms with Crippen molar-refractivity contribution in [2.45, 2.75) is 62.8 Å². The zero-order valence-electron chi connectivity index (χ0n) is 20.9. The molecule has 3 atom stereocenters. The van der Waals surface area contributed by atoms with Crippen LogP contribution in [-0.2, 0) is 6.18 Å². The number of halogens is 3. The molecule has 1 aromatic heterocycles. The third-order valence-corrected chi connectivity index (χ3v) is 7.41. The predicted octanol–water partition coefficient (Wildman–Crippen LogP) is 6.04. The van der Waals surface area contributed by atoms with Gasteiger partial charge in [0.15, 0.2) is 5.76 Å². The van der Waals surface area contributed by atoms with Gasteiger partial charge in [0.2, 0.25) is 0 Å². The second-order valence-electron chi connectivity index (χ2n) is 10.1. The number of carboxylic acid groups (broad SMARTS) is 1. The number of alkyl halides is 3. The summed E-state index contributed by atoms with van der Waals surface area (Å²) in [6.45, 7) is 1.55. The summed E-state index contributed by atoms with van der Waals surface area (Å²) < 4.78 is 44.8. The molecule has 202 valence electrons. The fraction of sp³-hybridized carbons (Fsp3) is 0.429. The molecule has 10 heteroatoms. The summed E-state index contributed by atoms with van der Waals surface area (Å²) in [4.78, 5) is 17.8. The lowest BCUT2D eigenvalue weighted by Crippen LogP contribution is -2.54. The van der Waals surface area contributed by atoms with E-state index in [-0.39, 0.29) is 23.7 Å². The average molecular weight is 529 g/mol. The predicted molar refractivity (Wildman–Crippen MR) is 138 cm³/mol. The van der Waals surface area contributed by atoms with E-state index in [1.807, 2.05) is 0 Å². The van der Waals surface area contributed by atoms with Gasteiger partial charge in [0.25, 0.3) is 6.01 Å². The minimum atomic E-state index is -4.33.